The van der Waals surface area contributed by atoms with E-state index in [4.69, 9.17) is 44.3 Å². The molecule has 0 saturated carbocycles. The van der Waals surface area contributed by atoms with E-state index in [1.807, 2.05) is 0 Å². The molecule has 2 rings (SSSR count). The SMILES string of the molecule is COc1ccc(C(=O)COc2cc(Cl)cc(Cl)c2)cc1Cl. The lowest BCUT2D eigenvalue weighted by Crippen LogP contribution is -2.11. The zero-order valence-electron chi connectivity index (χ0n) is 11.0. The van der Waals surface area contributed by atoms with Crippen molar-refractivity contribution in [3.8, 4) is 11.5 Å². The van der Waals surface area contributed by atoms with Gasteiger partial charge in [0.25, 0.3) is 0 Å². The van der Waals surface area contributed by atoms with Gasteiger partial charge in [-0.25, -0.2) is 0 Å². The number of benzene rings is 2. The van der Waals surface area contributed by atoms with Crippen molar-refractivity contribution in [3.63, 3.8) is 0 Å². The van der Waals surface area contributed by atoms with Crippen molar-refractivity contribution in [1.29, 1.82) is 0 Å². The number of Topliss-reactive ketones (excluding diaryl/α,β-unsaturated/α-hetero) is 1. The highest BCUT2D eigenvalue weighted by molar-refractivity contribution is 6.34. The molecule has 0 aromatic heterocycles. The van der Waals surface area contributed by atoms with Gasteiger partial charge in [-0.2, -0.15) is 0 Å². The molecule has 0 aliphatic carbocycles. The van der Waals surface area contributed by atoms with Crippen molar-refractivity contribution in [3.05, 3.63) is 57.0 Å². The molecule has 0 fully saturated rings. The minimum Gasteiger partial charge on any atom is -0.495 e. The number of rotatable bonds is 5. The number of hydrogen-bond acceptors (Lipinski definition) is 3. The number of ketones is 1. The summed E-state index contributed by atoms with van der Waals surface area (Å²) in [6.45, 7) is -0.140. The summed E-state index contributed by atoms with van der Waals surface area (Å²) >= 11 is 17.7. The highest BCUT2D eigenvalue weighted by atomic mass is 35.5. The second kappa shape index (κ2) is 7.03. The van der Waals surface area contributed by atoms with Gasteiger partial charge in [-0.1, -0.05) is 34.8 Å². The number of halogens is 3. The number of carbonyl (C=O) groups is 1. The van der Waals surface area contributed by atoms with Gasteiger partial charge in [-0.05, 0) is 36.4 Å². The fourth-order valence-electron chi connectivity index (χ4n) is 1.68. The number of methoxy groups -OCH3 is 1. The predicted molar refractivity (Wildman–Crippen MR) is 84.3 cm³/mol. The van der Waals surface area contributed by atoms with Crippen molar-refractivity contribution in [2.45, 2.75) is 0 Å². The van der Waals surface area contributed by atoms with Gasteiger partial charge in [-0.3, -0.25) is 4.79 Å². The van der Waals surface area contributed by atoms with Crippen LogP contribution >= 0.6 is 34.8 Å². The fraction of sp³-hybridized carbons (Fsp3) is 0.133. The standard InChI is InChI=1S/C15H11Cl3O3/c1-20-15-3-2-9(4-13(15)18)14(19)8-21-12-6-10(16)5-11(17)7-12/h2-7H,8H2,1H3. The lowest BCUT2D eigenvalue weighted by molar-refractivity contribution is 0.0921. The van der Waals surface area contributed by atoms with Crippen molar-refractivity contribution >= 4 is 40.6 Å². The second-order valence-corrected chi connectivity index (χ2v) is 5.45. The Balaban J connectivity index is 2.06. The minimum absolute atomic E-state index is 0.140. The van der Waals surface area contributed by atoms with E-state index < -0.39 is 0 Å². The molecule has 21 heavy (non-hydrogen) atoms. The first-order valence-corrected chi connectivity index (χ1v) is 7.08. The molecule has 0 saturated heterocycles. The summed E-state index contributed by atoms with van der Waals surface area (Å²) in [5.74, 6) is 0.729. The van der Waals surface area contributed by atoms with Crippen LogP contribution in [0.25, 0.3) is 0 Å². The molecule has 0 heterocycles. The van der Waals surface area contributed by atoms with Gasteiger partial charge < -0.3 is 9.47 Å². The maximum atomic E-state index is 12.0. The summed E-state index contributed by atoms with van der Waals surface area (Å²) in [6, 6.07) is 9.55. The van der Waals surface area contributed by atoms with E-state index in [9.17, 15) is 4.79 Å². The molecule has 0 bridgehead atoms. The molecule has 2 aromatic carbocycles. The van der Waals surface area contributed by atoms with E-state index in [1.165, 1.54) is 13.2 Å². The van der Waals surface area contributed by atoms with Crippen LogP contribution in [0.3, 0.4) is 0 Å². The predicted octanol–water partition coefficient (Wildman–Crippen LogP) is 4.92. The summed E-state index contributed by atoms with van der Waals surface area (Å²) < 4.78 is 10.4. The monoisotopic (exact) mass is 344 g/mol. The second-order valence-electron chi connectivity index (χ2n) is 4.17. The first-order chi connectivity index (χ1) is 9.99. The Labute approximate surface area is 137 Å². The summed E-state index contributed by atoms with van der Waals surface area (Å²) in [5, 5.41) is 1.25. The average molecular weight is 346 g/mol. The van der Waals surface area contributed by atoms with E-state index in [-0.39, 0.29) is 12.4 Å². The first kappa shape index (κ1) is 16.0. The average Bonchev–Trinajstić information content (AvgIpc) is 2.43. The van der Waals surface area contributed by atoms with Crippen LogP contribution in [0.5, 0.6) is 11.5 Å². The molecule has 0 aliphatic heterocycles. The molecular formula is C15H11Cl3O3. The van der Waals surface area contributed by atoms with Crippen LogP contribution in [0.4, 0.5) is 0 Å². The van der Waals surface area contributed by atoms with Crippen molar-refractivity contribution in [2.24, 2.45) is 0 Å². The first-order valence-electron chi connectivity index (χ1n) is 5.95. The Kier molecular flexibility index (Phi) is 5.34. The molecule has 2 aromatic rings. The minimum atomic E-state index is -0.212. The molecule has 0 amide bonds. The highest BCUT2D eigenvalue weighted by Gasteiger charge is 2.10. The fourth-order valence-corrected chi connectivity index (χ4v) is 2.45. The summed E-state index contributed by atoms with van der Waals surface area (Å²) in [5.41, 5.74) is 0.439. The van der Waals surface area contributed by atoms with Gasteiger partial charge in [0.15, 0.2) is 12.4 Å². The molecule has 3 nitrogen and oxygen atoms in total. The Morgan fingerprint density at radius 2 is 1.71 bits per heavy atom. The quantitative estimate of drug-likeness (QED) is 0.722. The molecule has 110 valence electrons. The number of ether oxygens (including phenoxy) is 2. The highest BCUT2D eigenvalue weighted by Crippen LogP contribution is 2.26. The third kappa shape index (κ3) is 4.27. The summed E-state index contributed by atoms with van der Waals surface area (Å²) in [4.78, 5) is 12.0. The Hall–Kier alpha value is -1.42. The third-order valence-corrected chi connectivity index (χ3v) is 3.41. The molecule has 0 atom stereocenters. The molecule has 0 aliphatic rings. The number of carbonyl (C=O) groups excluding carboxylic acids is 1. The summed E-state index contributed by atoms with van der Waals surface area (Å²) in [6.07, 6.45) is 0. The Morgan fingerprint density at radius 1 is 1.05 bits per heavy atom. The van der Waals surface area contributed by atoms with Crippen molar-refractivity contribution in [2.75, 3.05) is 13.7 Å². The van der Waals surface area contributed by atoms with Gasteiger partial charge in [0.1, 0.15) is 11.5 Å². The normalized spacial score (nSPS) is 10.3. The molecule has 0 unspecified atom stereocenters. The Morgan fingerprint density at radius 3 is 2.29 bits per heavy atom. The Bertz CT molecular complexity index is 651. The molecule has 0 spiro atoms. The summed E-state index contributed by atoms with van der Waals surface area (Å²) in [7, 11) is 1.51. The smallest absolute Gasteiger partial charge is 0.200 e. The van der Waals surface area contributed by atoms with Gasteiger partial charge >= 0.3 is 0 Å². The van der Waals surface area contributed by atoms with Crippen LogP contribution in [-0.4, -0.2) is 19.5 Å². The maximum Gasteiger partial charge on any atom is 0.200 e. The van der Waals surface area contributed by atoms with Crippen LogP contribution < -0.4 is 9.47 Å². The van der Waals surface area contributed by atoms with Crippen molar-refractivity contribution < 1.29 is 14.3 Å². The van der Waals surface area contributed by atoms with Crippen LogP contribution in [0, 0.1) is 0 Å². The van der Waals surface area contributed by atoms with Crippen LogP contribution in [0.1, 0.15) is 10.4 Å². The maximum absolute atomic E-state index is 12.0. The lowest BCUT2D eigenvalue weighted by atomic mass is 10.1. The van der Waals surface area contributed by atoms with E-state index in [1.54, 1.807) is 30.3 Å². The zero-order valence-corrected chi connectivity index (χ0v) is 13.3. The third-order valence-electron chi connectivity index (χ3n) is 2.68. The van der Waals surface area contributed by atoms with E-state index in [0.29, 0.717) is 32.1 Å². The lowest BCUT2D eigenvalue weighted by Gasteiger charge is -2.08. The van der Waals surface area contributed by atoms with E-state index in [2.05, 4.69) is 0 Å². The molecule has 0 N–H and O–H groups in total. The zero-order chi connectivity index (χ0) is 15.4. The van der Waals surface area contributed by atoms with Gasteiger partial charge in [-0.15, -0.1) is 0 Å². The van der Waals surface area contributed by atoms with Gasteiger partial charge in [0, 0.05) is 15.6 Å². The van der Waals surface area contributed by atoms with Gasteiger partial charge in [0.05, 0.1) is 12.1 Å². The van der Waals surface area contributed by atoms with Crippen LogP contribution in [0.2, 0.25) is 15.1 Å². The molecule has 0 radical (unpaired) electrons. The largest absolute Gasteiger partial charge is 0.495 e. The molecular weight excluding hydrogens is 335 g/mol. The van der Waals surface area contributed by atoms with Gasteiger partial charge in [0.2, 0.25) is 0 Å². The van der Waals surface area contributed by atoms with E-state index >= 15 is 0 Å². The topological polar surface area (TPSA) is 35.5 Å². The van der Waals surface area contributed by atoms with E-state index in [0.717, 1.165) is 0 Å². The van der Waals surface area contributed by atoms with Crippen molar-refractivity contribution in [1.82, 2.24) is 0 Å². The van der Waals surface area contributed by atoms with Crippen LogP contribution in [0.15, 0.2) is 36.4 Å². The van der Waals surface area contributed by atoms with Crippen LogP contribution in [-0.2, 0) is 0 Å². The number of hydrogen-bond donors (Lipinski definition) is 0. The molecule has 6 heteroatoms.